The molecule has 0 unspecified atom stereocenters. The van der Waals surface area contributed by atoms with Crippen LogP contribution in [-0.4, -0.2) is 31.6 Å². The van der Waals surface area contributed by atoms with Gasteiger partial charge >= 0.3 is 5.97 Å². The van der Waals surface area contributed by atoms with E-state index in [9.17, 15) is 14.0 Å². The maximum atomic E-state index is 13.7. The molecule has 4 nitrogen and oxygen atoms in total. The lowest BCUT2D eigenvalue weighted by atomic mass is 9.69. The third-order valence-electron chi connectivity index (χ3n) is 8.17. The Hall–Kier alpha value is -2.27. The first kappa shape index (κ1) is 24.8. The van der Waals surface area contributed by atoms with Gasteiger partial charge in [-0.15, -0.1) is 0 Å². The van der Waals surface area contributed by atoms with Crippen LogP contribution in [0.2, 0.25) is 0 Å². The fourth-order valence-corrected chi connectivity index (χ4v) is 6.26. The third-order valence-corrected chi connectivity index (χ3v) is 8.17. The minimum atomic E-state index is -0.231. The highest BCUT2D eigenvalue weighted by Gasteiger charge is 2.58. The molecule has 0 N–H and O–H groups in total. The van der Waals surface area contributed by atoms with Crippen molar-refractivity contribution in [2.75, 3.05) is 13.7 Å². The molecule has 1 aromatic rings. The molecule has 1 aromatic carbocycles. The maximum absolute atomic E-state index is 13.7. The number of ketones is 1. The Kier molecular flexibility index (Phi) is 8.36. The van der Waals surface area contributed by atoms with Crippen molar-refractivity contribution in [3.8, 4) is 0 Å². The number of unbranched alkanes of at least 4 members (excludes halogenated alkanes) is 1. The summed E-state index contributed by atoms with van der Waals surface area (Å²) < 4.78 is 24.6. The molecule has 184 valence electrons. The van der Waals surface area contributed by atoms with Crippen LogP contribution in [0.5, 0.6) is 0 Å². The molecule has 0 radical (unpaired) electrons. The van der Waals surface area contributed by atoms with E-state index in [1.54, 1.807) is 0 Å². The quantitative estimate of drug-likeness (QED) is 0.180. The summed E-state index contributed by atoms with van der Waals surface area (Å²) in [7, 11) is 1.41. The topological polar surface area (TPSA) is 52.6 Å². The number of methoxy groups -OCH3 is 1. The predicted molar refractivity (Wildman–Crippen MR) is 130 cm³/mol. The Balaban J connectivity index is 1.49. The lowest BCUT2D eigenvalue weighted by molar-refractivity contribution is -0.140. The smallest absolute Gasteiger partial charge is 0.305 e. The van der Waals surface area contributed by atoms with Crippen molar-refractivity contribution in [2.24, 2.45) is 17.8 Å². The summed E-state index contributed by atoms with van der Waals surface area (Å²) in [6.07, 6.45) is 17.7. The van der Waals surface area contributed by atoms with Gasteiger partial charge in [0.05, 0.1) is 19.8 Å². The first-order chi connectivity index (χ1) is 16.5. The molecule has 0 spiro atoms. The summed E-state index contributed by atoms with van der Waals surface area (Å²) in [6, 6.07) is 6.86. The molecule has 3 aliphatic rings. The summed E-state index contributed by atoms with van der Waals surface area (Å²) in [6.45, 7) is 0.630. The Bertz CT molecular complexity index is 899. The van der Waals surface area contributed by atoms with Crippen molar-refractivity contribution in [3.63, 3.8) is 0 Å². The van der Waals surface area contributed by atoms with Crippen molar-refractivity contribution in [2.45, 2.75) is 75.7 Å². The number of hydrogen-bond acceptors (Lipinski definition) is 4. The fourth-order valence-electron chi connectivity index (χ4n) is 6.26. The first-order valence-electron chi connectivity index (χ1n) is 12.8. The lowest BCUT2D eigenvalue weighted by Gasteiger charge is -2.38. The van der Waals surface area contributed by atoms with Gasteiger partial charge in [0.2, 0.25) is 0 Å². The number of carbonyl (C=O) groups is 2. The summed E-state index contributed by atoms with van der Waals surface area (Å²) in [5, 5.41) is 0. The van der Waals surface area contributed by atoms with E-state index in [4.69, 9.17) is 9.47 Å². The molecule has 4 atom stereocenters. The normalized spacial score (nSPS) is 29.3. The van der Waals surface area contributed by atoms with E-state index in [0.717, 1.165) is 56.9 Å². The predicted octanol–water partition coefficient (Wildman–Crippen LogP) is 6.09. The van der Waals surface area contributed by atoms with E-state index in [1.807, 2.05) is 18.2 Å². The molecular formula is C29H37FO4. The molecule has 1 saturated heterocycles. The first-order valence-corrected chi connectivity index (χ1v) is 12.8. The van der Waals surface area contributed by atoms with Gasteiger partial charge in [-0.05, 0) is 68.2 Å². The zero-order valence-corrected chi connectivity index (χ0v) is 20.2. The van der Waals surface area contributed by atoms with Gasteiger partial charge < -0.3 is 9.47 Å². The van der Waals surface area contributed by atoms with Crippen molar-refractivity contribution in [3.05, 3.63) is 60.0 Å². The van der Waals surface area contributed by atoms with Crippen molar-refractivity contribution >= 4 is 11.8 Å². The number of allylic oxidation sites excluding steroid dienone is 3. The minimum absolute atomic E-state index is 0.0817. The number of hydrogen-bond donors (Lipinski definition) is 0. The Morgan fingerprint density at radius 3 is 2.65 bits per heavy atom. The molecule has 4 rings (SSSR count). The van der Waals surface area contributed by atoms with Crippen LogP contribution in [0.1, 0.15) is 69.8 Å². The number of rotatable bonds is 10. The number of fused-ring (bicyclic) bond motifs is 2. The fraction of sp³-hybridized carbons (Fsp3) is 0.586. The highest BCUT2D eigenvalue weighted by Crippen LogP contribution is 2.57. The summed E-state index contributed by atoms with van der Waals surface area (Å²) in [5.41, 5.74) is 0.951. The molecule has 0 aromatic heterocycles. The third kappa shape index (κ3) is 5.51. The van der Waals surface area contributed by atoms with Crippen LogP contribution in [0.25, 0.3) is 0 Å². The SMILES string of the molecule is COC(=O)CCC/C=C\C[C@H]1[C@H](/C=C/C(=O)C2CCCCC2)[C@@H]2C[C@@]1(c1ccc(F)cc1)CO2. The Morgan fingerprint density at radius 1 is 1.15 bits per heavy atom. The lowest BCUT2D eigenvalue weighted by Crippen LogP contribution is -2.39. The molecule has 5 heteroatoms. The Labute approximate surface area is 202 Å². The number of esters is 1. The minimum Gasteiger partial charge on any atom is -0.469 e. The van der Waals surface area contributed by atoms with E-state index >= 15 is 0 Å². The van der Waals surface area contributed by atoms with E-state index < -0.39 is 0 Å². The van der Waals surface area contributed by atoms with Crippen LogP contribution in [0, 0.1) is 23.6 Å². The summed E-state index contributed by atoms with van der Waals surface area (Å²) in [5.74, 6) is 0.459. The van der Waals surface area contributed by atoms with Crippen LogP contribution in [0.4, 0.5) is 4.39 Å². The van der Waals surface area contributed by atoms with E-state index in [2.05, 4.69) is 18.2 Å². The van der Waals surface area contributed by atoms with E-state index in [-0.39, 0.29) is 46.8 Å². The molecule has 0 amide bonds. The molecule has 3 fully saturated rings. The van der Waals surface area contributed by atoms with Crippen LogP contribution < -0.4 is 0 Å². The largest absolute Gasteiger partial charge is 0.469 e. The zero-order valence-electron chi connectivity index (χ0n) is 20.2. The van der Waals surface area contributed by atoms with Gasteiger partial charge in [-0.3, -0.25) is 9.59 Å². The van der Waals surface area contributed by atoms with Gasteiger partial charge in [0.25, 0.3) is 0 Å². The standard InChI is InChI=1S/C29H37FO4/c1-33-28(32)12-8-3-2-7-11-25-24(17-18-26(31)21-9-5-4-6-10-21)27-19-29(25,20-34-27)22-13-15-23(30)16-14-22/h2,7,13-18,21,24-25,27H,3-6,8-12,19-20H2,1H3/b7-2-,18-17+/t24-,25-,27-,29-/m0/s1. The van der Waals surface area contributed by atoms with Gasteiger partial charge in [-0.25, -0.2) is 4.39 Å². The van der Waals surface area contributed by atoms with Crippen LogP contribution in [0.15, 0.2) is 48.6 Å². The summed E-state index contributed by atoms with van der Waals surface area (Å²) >= 11 is 0. The molecule has 34 heavy (non-hydrogen) atoms. The second-order valence-electron chi connectivity index (χ2n) is 10.2. The van der Waals surface area contributed by atoms with Crippen molar-refractivity contribution in [1.82, 2.24) is 0 Å². The van der Waals surface area contributed by atoms with Gasteiger partial charge in [0.15, 0.2) is 5.78 Å². The molecule has 2 saturated carbocycles. The number of benzene rings is 1. The highest BCUT2D eigenvalue weighted by molar-refractivity contribution is 5.91. The highest BCUT2D eigenvalue weighted by atomic mass is 19.1. The average molecular weight is 469 g/mol. The van der Waals surface area contributed by atoms with Crippen molar-refractivity contribution in [1.29, 1.82) is 0 Å². The molecule has 1 aliphatic heterocycles. The number of halogens is 1. The second kappa shape index (κ2) is 11.4. The van der Waals surface area contributed by atoms with Crippen LogP contribution >= 0.6 is 0 Å². The van der Waals surface area contributed by atoms with Crippen molar-refractivity contribution < 1.29 is 23.5 Å². The van der Waals surface area contributed by atoms with E-state index in [0.29, 0.717) is 13.0 Å². The molecule has 2 aliphatic carbocycles. The Morgan fingerprint density at radius 2 is 1.91 bits per heavy atom. The molecule has 2 bridgehead atoms. The van der Waals surface area contributed by atoms with Gasteiger partial charge in [0, 0.05) is 23.7 Å². The van der Waals surface area contributed by atoms with Crippen LogP contribution in [0.3, 0.4) is 0 Å². The molecular weight excluding hydrogens is 431 g/mol. The van der Waals surface area contributed by atoms with Gasteiger partial charge in [0.1, 0.15) is 5.82 Å². The van der Waals surface area contributed by atoms with E-state index in [1.165, 1.54) is 25.7 Å². The second-order valence-corrected chi connectivity index (χ2v) is 10.2. The zero-order chi connectivity index (χ0) is 24.0. The maximum Gasteiger partial charge on any atom is 0.305 e. The van der Waals surface area contributed by atoms with Gasteiger partial charge in [-0.2, -0.15) is 0 Å². The summed E-state index contributed by atoms with van der Waals surface area (Å²) in [4.78, 5) is 24.2. The monoisotopic (exact) mass is 468 g/mol. The van der Waals surface area contributed by atoms with Crippen LogP contribution in [-0.2, 0) is 24.5 Å². The number of carbonyl (C=O) groups excluding carboxylic acids is 2. The molecule has 1 heterocycles. The number of ether oxygens (including phenoxy) is 2. The van der Waals surface area contributed by atoms with Gasteiger partial charge in [-0.1, -0.05) is 49.6 Å². The average Bonchev–Trinajstić information content (AvgIpc) is 3.43.